The van der Waals surface area contributed by atoms with Crippen LogP contribution in [-0.4, -0.2) is 43.0 Å². The number of phosphoric acid groups is 1. The lowest BCUT2D eigenvalue weighted by Gasteiger charge is -2.21. The average molecular weight is 363 g/mol. The molecular formula is C9H11ClFN2O8P. The smallest absolute Gasteiger partial charge is 0.388 e. The number of alkyl halides is 1. The highest BCUT2D eigenvalue weighted by molar-refractivity contribution is 7.46. The number of halogens is 2. The Morgan fingerprint density at radius 3 is 2.91 bits per heavy atom. The van der Waals surface area contributed by atoms with Gasteiger partial charge in [0.05, 0.1) is 2.74 Å². The molecule has 1 aliphatic rings. The van der Waals surface area contributed by atoms with Crippen LogP contribution in [0.15, 0.2) is 15.8 Å². The monoisotopic (exact) mass is 362 g/mol. The standard InChI is InChI=1S/C9H11ClFN2O8P/c10-4-2-13(8(16)12-6(4)15)7-5(14)1-9(11,21-7)3-20-22(17,18)19/h2,5,7,14H,1,3H2,(H,12,15,16)(H2,17,18,19)/t5-,7-,9+/m1/s1/i3D2. The Morgan fingerprint density at radius 2 is 2.32 bits per heavy atom. The minimum atomic E-state index is -5.43. The number of aliphatic hydroxyl groups excluding tert-OH is 1. The van der Waals surface area contributed by atoms with Gasteiger partial charge < -0.3 is 19.6 Å². The van der Waals surface area contributed by atoms with Gasteiger partial charge >= 0.3 is 13.5 Å². The summed E-state index contributed by atoms with van der Waals surface area (Å²) in [5, 5.41) is 9.36. The molecule has 3 atom stereocenters. The van der Waals surface area contributed by atoms with Crippen molar-refractivity contribution in [3.05, 3.63) is 32.1 Å². The van der Waals surface area contributed by atoms with Gasteiger partial charge in [-0.05, 0) is 0 Å². The summed E-state index contributed by atoms with van der Waals surface area (Å²) in [5.74, 6) is -3.50. The highest BCUT2D eigenvalue weighted by atomic mass is 35.5. The van der Waals surface area contributed by atoms with Crippen molar-refractivity contribution >= 4 is 19.4 Å². The van der Waals surface area contributed by atoms with Gasteiger partial charge in [-0.3, -0.25) is 18.9 Å². The predicted octanol–water partition coefficient (Wildman–Crippen LogP) is -0.755. The van der Waals surface area contributed by atoms with E-state index >= 15 is 0 Å². The van der Waals surface area contributed by atoms with E-state index in [-0.39, 0.29) is 0 Å². The molecule has 124 valence electrons. The maximum Gasteiger partial charge on any atom is 0.469 e. The van der Waals surface area contributed by atoms with Crippen molar-refractivity contribution in [1.82, 2.24) is 9.55 Å². The van der Waals surface area contributed by atoms with Crippen LogP contribution in [0.3, 0.4) is 0 Å². The minimum Gasteiger partial charge on any atom is -0.388 e. The fourth-order valence-electron chi connectivity index (χ4n) is 1.77. The molecule has 0 amide bonds. The van der Waals surface area contributed by atoms with E-state index in [2.05, 4.69) is 9.26 Å². The van der Waals surface area contributed by atoms with Gasteiger partial charge in [0.2, 0.25) is 5.85 Å². The summed E-state index contributed by atoms with van der Waals surface area (Å²) in [6, 6.07) is 0. The number of nitrogens with one attached hydrogen (secondary N) is 1. The molecular weight excluding hydrogens is 350 g/mol. The van der Waals surface area contributed by atoms with Crippen LogP contribution < -0.4 is 11.2 Å². The van der Waals surface area contributed by atoms with E-state index in [0.717, 1.165) is 6.20 Å². The molecule has 4 N–H and O–H groups in total. The van der Waals surface area contributed by atoms with Crippen molar-refractivity contribution in [2.24, 2.45) is 0 Å². The summed E-state index contributed by atoms with van der Waals surface area (Å²) >= 11 is 5.52. The second-order valence-electron chi connectivity index (χ2n) is 4.34. The fraction of sp³-hybridized carbons (Fsp3) is 0.556. The summed E-state index contributed by atoms with van der Waals surface area (Å²) in [5.41, 5.74) is -2.08. The van der Waals surface area contributed by atoms with E-state index in [1.807, 2.05) is 0 Å². The molecule has 10 nitrogen and oxygen atoms in total. The Labute approximate surface area is 129 Å². The number of aromatic amines is 1. The van der Waals surface area contributed by atoms with Crippen LogP contribution in [0, 0.1) is 0 Å². The molecule has 1 saturated heterocycles. The van der Waals surface area contributed by atoms with E-state index in [9.17, 15) is 23.7 Å². The van der Waals surface area contributed by atoms with Crippen LogP contribution in [-0.2, 0) is 13.8 Å². The molecule has 2 heterocycles. The fourth-order valence-corrected chi connectivity index (χ4v) is 2.18. The van der Waals surface area contributed by atoms with Crippen molar-refractivity contribution < 1.29 is 35.9 Å². The lowest BCUT2D eigenvalue weighted by Crippen LogP contribution is -2.36. The number of aliphatic hydroxyl groups is 1. The van der Waals surface area contributed by atoms with E-state index in [0.29, 0.717) is 4.57 Å². The largest absolute Gasteiger partial charge is 0.469 e. The zero-order valence-electron chi connectivity index (χ0n) is 12.5. The molecule has 0 aromatic carbocycles. The van der Waals surface area contributed by atoms with Crippen LogP contribution in [0.1, 0.15) is 15.4 Å². The molecule has 1 fully saturated rings. The summed E-state index contributed by atoms with van der Waals surface area (Å²) in [4.78, 5) is 41.9. The van der Waals surface area contributed by atoms with Crippen molar-refractivity contribution in [3.63, 3.8) is 0 Å². The van der Waals surface area contributed by atoms with Gasteiger partial charge in [0.15, 0.2) is 6.23 Å². The van der Waals surface area contributed by atoms with Gasteiger partial charge in [0.25, 0.3) is 5.56 Å². The number of nitrogens with zero attached hydrogens (tertiary/aromatic N) is 1. The van der Waals surface area contributed by atoms with E-state index in [4.69, 9.17) is 24.1 Å². The summed E-state index contributed by atoms with van der Waals surface area (Å²) in [6.45, 7) is -3.66. The average Bonchev–Trinajstić information content (AvgIpc) is 2.68. The number of phosphoric ester groups is 1. The molecule has 2 rings (SSSR count). The van der Waals surface area contributed by atoms with Gasteiger partial charge in [0, 0.05) is 12.6 Å². The Hall–Kier alpha value is -1.07. The number of H-pyrrole nitrogens is 1. The maximum absolute atomic E-state index is 14.7. The number of rotatable bonds is 4. The summed E-state index contributed by atoms with van der Waals surface area (Å²) in [6.07, 6.45) is -4.02. The molecule has 1 aromatic rings. The third kappa shape index (κ3) is 3.82. The van der Waals surface area contributed by atoms with E-state index in [1.165, 1.54) is 0 Å². The lowest BCUT2D eigenvalue weighted by atomic mass is 10.2. The first-order valence-corrected chi connectivity index (χ1v) is 7.49. The molecule has 0 aliphatic carbocycles. The molecule has 1 aromatic heterocycles. The van der Waals surface area contributed by atoms with Crippen molar-refractivity contribution in [2.75, 3.05) is 6.56 Å². The Bertz CT molecular complexity index is 811. The van der Waals surface area contributed by atoms with Gasteiger partial charge in [0.1, 0.15) is 17.7 Å². The molecule has 0 unspecified atom stereocenters. The summed E-state index contributed by atoms with van der Waals surface area (Å²) < 4.78 is 49.0. The zero-order valence-corrected chi connectivity index (χ0v) is 12.1. The van der Waals surface area contributed by atoms with Crippen LogP contribution in [0.25, 0.3) is 0 Å². The second-order valence-corrected chi connectivity index (χ2v) is 5.91. The minimum absolute atomic E-state index is 0.490. The van der Waals surface area contributed by atoms with Crippen molar-refractivity contribution in [2.45, 2.75) is 24.6 Å². The highest BCUT2D eigenvalue weighted by Gasteiger charge is 2.49. The van der Waals surface area contributed by atoms with Crippen LogP contribution in [0.5, 0.6) is 0 Å². The maximum atomic E-state index is 14.7. The Kier molecular flexibility index (Phi) is 3.86. The van der Waals surface area contributed by atoms with Crippen LogP contribution in [0.2, 0.25) is 5.02 Å². The third-order valence-corrected chi connectivity index (χ3v) is 3.22. The van der Waals surface area contributed by atoms with Gasteiger partial charge in [-0.1, -0.05) is 11.6 Å². The zero-order chi connectivity index (χ0) is 18.5. The molecule has 13 heteroatoms. The first-order chi connectivity index (χ1) is 10.8. The second kappa shape index (κ2) is 5.85. The lowest BCUT2D eigenvalue weighted by molar-refractivity contribution is -0.178. The van der Waals surface area contributed by atoms with Crippen LogP contribution in [0.4, 0.5) is 4.39 Å². The normalized spacial score (nSPS) is 31.0. The van der Waals surface area contributed by atoms with Crippen LogP contribution >= 0.6 is 19.4 Å². The predicted molar refractivity (Wildman–Crippen MR) is 68.9 cm³/mol. The van der Waals surface area contributed by atoms with Gasteiger partial charge in [-0.25, -0.2) is 13.8 Å². The van der Waals surface area contributed by atoms with Crippen molar-refractivity contribution in [3.8, 4) is 0 Å². The molecule has 0 radical (unpaired) electrons. The molecule has 0 bridgehead atoms. The van der Waals surface area contributed by atoms with E-state index < -0.39 is 55.3 Å². The highest BCUT2D eigenvalue weighted by Crippen LogP contribution is 2.43. The summed E-state index contributed by atoms with van der Waals surface area (Å²) in [7, 11) is -5.43. The number of aromatic nitrogens is 2. The quantitative estimate of drug-likeness (QED) is 0.510. The Balaban J connectivity index is 2.39. The third-order valence-electron chi connectivity index (χ3n) is 2.62. The number of hydrogen-bond donors (Lipinski definition) is 4. The first-order valence-electron chi connectivity index (χ1n) is 6.58. The van der Waals surface area contributed by atoms with Crippen molar-refractivity contribution in [1.29, 1.82) is 0 Å². The molecule has 0 spiro atoms. The SMILES string of the molecule is [2H]C([2H])(OP(=O)(O)O)[C@]1(F)C[C@@H](O)[C@H](n2cc(Cl)c(=O)[nH]c2=O)O1. The molecule has 0 saturated carbocycles. The number of hydrogen-bond acceptors (Lipinski definition) is 6. The number of ether oxygens (including phenoxy) is 1. The van der Waals surface area contributed by atoms with E-state index in [1.54, 1.807) is 4.98 Å². The van der Waals surface area contributed by atoms with Gasteiger partial charge in [-0.15, -0.1) is 0 Å². The Morgan fingerprint density at radius 1 is 1.68 bits per heavy atom. The topological polar surface area (TPSA) is 151 Å². The molecule has 1 aliphatic heterocycles. The molecule has 22 heavy (non-hydrogen) atoms. The van der Waals surface area contributed by atoms with Gasteiger partial charge in [-0.2, -0.15) is 0 Å². The first kappa shape index (κ1) is 14.5.